The Balaban J connectivity index is 1.74. The number of hydrogen-bond acceptors (Lipinski definition) is 3. The summed E-state index contributed by atoms with van der Waals surface area (Å²) < 4.78 is 0.920. The van der Waals surface area contributed by atoms with Crippen LogP contribution in [0.25, 0.3) is 16.7 Å². The van der Waals surface area contributed by atoms with Crippen molar-refractivity contribution in [3.8, 4) is 0 Å². The van der Waals surface area contributed by atoms with Crippen molar-refractivity contribution in [2.45, 2.75) is 44.7 Å². The summed E-state index contributed by atoms with van der Waals surface area (Å²) in [5.74, 6) is -1.25. The third-order valence-electron chi connectivity index (χ3n) is 6.55. The lowest BCUT2D eigenvalue weighted by Gasteiger charge is -2.30. The van der Waals surface area contributed by atoms with Crippen LogP contribution in [-0.4, -0.2) is 32.7 Å². The van der Waals surface area contributed by atoms with E-state index >= 15 is 0 Å². The van der Waals surface area contributed by atoms with Crippen LogP contribution >= 0.6 is 15.9 Å². The number of benzene rings is 2. The summed E-state index contributed by atoms with van der Waals surface area (Å²) in [5.41, 5.74) is 3.43. The monoisotopic (exact) mass is 478 g/mol. The number of para-hydroxylation sites is 1. The van der Waals surface area contributed by atoms with Crippen LogP contribution in [0.4, 0.5) is 0 Å². The van der Waals surface area contributed by atoms with Gasteiger partial charge in [0.25, 0.3) is 11.7 Å². The van der Waals surface area contributed by atoms with Gasteiger partial charge in [-0.1, -0.05) is 53.0 Å². The van der Waals surface area contributed by atoms with Gasteiger partial charge in [-0.3, -0.25) is 9.59 Å². The van der Waals surface area contributed by atoms with E-state index in [0.29, 0.717) is 5.56 Å². The molecule has 6 heteroatoms. The molecule has 2 aromatic carbocycles. The zero-order valence-electron chi connectivity index (χ0n) is 17.2. The van der Waals surface area contributed by atoms with Crippen LogP contribution in [0.1, 0.15) is 48.4 Å². The zero-order valence-corrected chi connectivity index (χ0v) is 18.8. The number of likely N-dealkylation sites (tertiary alicyclic amines) is 1. The molecule has 158 valence electrons. The van der Waals surface area contributed by atoms with Crippen molar-refractivity contribution in [2.24, 2.45) is 0 Å². The van der Waals surface area contributed by atoms with Gasteiger partial charge < -0.3 is 15.0 Å². The first-order valence-corrected chi connectivity index (χ1v) is 11.4. The molecule has 1 saturated carbocycles. The zero-order chi connectivity index (χ0) is 21.7. The smallest absolute Gasteiger partial charge is 0.295 e. The number of aliphatic hydroxyl groups is 1. The maximum Gasteiger partial charge on any atom is 0.295 e. The highest BCUT2D eigenvalue weighted by Crippen LogP contribution is 2.45. The standard InChI is InChI=1S/C25H23BrN2O3/c1-14-12-15(10-11-19(14)26)23(29)21-22(18-13-27-20-9-5-4-8-17(18)20)28(25(31)24(21)30)16-6-2-3-7-16/h4-5,8-13,16,22,27,29H,2-3,6-7H2,1H3/b23-21+. The van der Waals surface area contributed by atoms with Gasteiger partial charge in [-0.05, 0) is 43.5 Å². The van der Waals surface area contributed by atoms with Crippen LogP contribution in [-0.2, 0) is 9.59 Å². The molecule has 1 aliphatic heterocycles. The van der Waals surface area contributed by atoms with Crippen LogP contribution in [0.2, 0.25) is 0 Å². The first-order chi connectivity index (χ1) is 15.0. The predicted octanol–water partition coefficient (Wildman–Crippen LogP) is 5.60. The summed E-state index contributed by atoms with van der Waals surface area (Å²) >= 11 is 3.48. The fourth-order valence-corrected chi connectivity index (χ4v) is 5.23. The molecule has 0 spiro atoms. The second kappa shape index (κ2) is 7.68. The van der Waals surface area contributed by atoms with Crippen molar-refractivity contribution < 1.29 is 14.7 Å². The van der Waals surface area contributed by atoms with Crippen LogP contribution < -0.4 is 0 Å². The van der Waals surface area contributed by atoms with Gasteiger partial charge in [0.1, 0.15) is 5.76 Å². The van der Waals surface area contributed by atoms with Crippen molar-refractivity contribution in [3.63, 3.8) is 0 Å². The van der Waals surface area contributed by atoms with E-state index in [-0.39, 0.29) is 17.4 Å². The van der Waals surface area contributed by atoms with Crippen molar-refractivity contribution in [1.29, 1.82) is 0 Å². The van der Waals surface area contributed by atoms with Crippen molar-refractivity contribution >= 4 is 44.3 Å². The van der Waals surface area contributed by atoms with Crippen LogP contribution in [0.3, 0.4) is 0 Å². The Morgan fingerprint density at radius 3 is 2.61 bits per heavy atom. The Bertz CT molecular complexity index is 1240. The van der Waals surface area contributed by atoms with E-state index in [1.165, 1.54) is 0 Å². The second-order valence-electron chi connectivity index (χ2n) is 8.40. The molecule has 0 radical (unpaired) electrons. The summed E-state index contributed by atoms with van der Waals surface area (Å²) in [6, 6.07) is 12.7. The minimum atomic E-state index is -0.611. The molecular weight excluding hydrogens is 456 g/mol. The van der Waals surface area contributed by atoms with Gasteiger partial charge in [-0.2, -0.15) is 0 Å². The highest BCUT2D eigenvalue weighted by atomic mass is 79.9. The molecule has 31 heavy (non-hydrogen) atoms. The minimum absolute atomic E-state index is 0.00654. The normalized spacial score (nSPS) is 21.5. The molecule has 0 bridgehead atoms. The van der Waals surface area contributed by atoms with E-state index in [1.54, 1.807) is 11.0 Å². The van der Waals surface area contributed by atoms with Gasteiger partial charge in [0, 0.05) is 38.7 Å². The number of nitrogens with one attached hydrogen (secondary N) is 1. The maximum atomic E-state index is 13.3. The molecule has 2 heterocycles. The lowest BCUT2D eigenvalue weighted by Crippen LogP contribution is -2.37. The third kappa shape index (κ3) is 3.21. The first-order valence-electron chi connectivity index (χ1n) is 10.6. The lowest BCUT2D eigenvalue weighted by molar-refractivity contribution is -0.141. The number of fused-ring (bicyclic) bond motifs is 1. The van der Waals surface area contributed by atoms with Gasteiger partial charge in [0.15, 0.2) is 0 Å². The van der Waals surface area contributed by atoms with E-state index in [4.69, 9.17) is 0 Å². The van der Waals surface area contributed by atoms with E-state index < -0.39 is 17.7 Å². The average molecular weight is 479 g/mol. The molecule has 1 aromatic heterocycles. The number of aromatic amines is 1. The fraction of sp³-hybridized carbons (Fsp3) is 0.280. The Morgan fingerprint density at radius 2 is 1.87 bits per heavy atom. The number of amides is 1. The largest absolute Gasteiger partial charge is 0.507 e. The number of carbonyl (C=O) groups excluding carboxylic acids is 2. The molecule has 1 unspecified atom stereocenters. The maximum absolute atomic E-state index is 13.3. The molecular formula is C25H23BrN2O3. The van der Waals surface area contributed by atoms with Crippen molar-refractivity contribution in [1.82, 2.24) is 9.88 Å². The van der Waals surface area contributed by atoms with E-state index in [1.807, 2.05) is 49.5 Å². The molecule has 5 rings (SSSR count). The molecule has 1 saturated heterocycles. The summed E-state index contributed by atoms with van der Waals surface area (Å²) in [7, 11) is 0. The van der Waals surface area contributed by atoms with Gasteiger partial charge >= 0.3 is 0 Å². The van der Waals surface area contributed by atoms with Crippen LogP contribution in [0, 0.1) is 6.92 Å². The lowest BCUT2D eigenvalue weighted by atomic mass is 9.94. The topological polar surface area (TPSA) is 73.4 Å². The average Bonchev–Trinajstić information content (AvgIpc) is 3.49. The Morgan fingerprint density at radius 1 is 1.13 bits per heavy atom. The van der Waals surface area contributed by atoms with Crippen LogP contribution in [0.15, 0.2) is 58.7 Å². The number of aromatic nitrogens is 1. The molecule has 1 atom stereocenters. The Kier molecular flexibility index (Phi) is 4.97. The molecule has 2 N–H and O–H groups in total. The number of H-pyrrole nitrogens is 1. The molecule has 1 amide bonds. The summed E-state index contributed by atoms with van der Waals surface area (Å²) in [5, 5.41) is 12.2. The molecule has 2 fully saturated rings. The number of aryl methyl sites for hydroxylation is 1. The SMILES string of the molecule is Cc1cc(/C(O)=C2\C(=O)C(=O)N(C3CCCC3)C2c2c[nH]c3ccccc23)ccc1Br. The van der Waals surface area contributed by atoms with E-state index in [2.05, 4.69) is 20.9 Å². The second-order valence-corrected chi connectivity index (χ2v) is 9.25. The molecule has 5 nitrogen and oxygen atoms in total. The number of nitrogens with zero attached hydrogens (tertiary/aromatic N) is 1. The minimum Gasteiger partial charge on any atom is -0.507 e. The highest BCUT2D eigenvalue weighted by Gasteiger charge is 2.49. The number of aliphatic hydroxyl groups excluding tert-OH is 1. The molecule has 2 aliphatic rings. The Labute approximate surface area is 188 Å². The number of carbonyl (C=O) groups is 2. The first kappa shape index (κ1) is 20.1. The number of halogens is 1. The van der Waals surface area contributed by atoms with Crippen molar-refractivity contribution in [3.05, 3.63) is 75.4 Å². The van der Waals surface area contributed by atoms with Gasteiger partial charge in [-0.25, -0.2) is 0 Å². The predicted molar refractivity (Wildman–Crippen MR) is 124 cm³/mol. The van der Waals surface area contributed by atoms with Gasteiger partial charge in [0.2, 0.25) is 0 Å². The van der Waals surface area contributed by atoms with Crippen LogP contribution in [0.5, 0.6) is 0 Å². The number of ketones is 1. The quantitative estimate of drug-likeness (QED) is 0.292. The number of hydrogen-bond donors (Lipinski definition) is 2. The van der Waals surface area contributed by atoms with E-state index in [0.717, 1.165) is 52.2 Å². The van der Waals surface area contributed by atoms with Crippen molar-refractivity contribution in [2.75, 3.05) is 0 Å². The molecule has 3 aromatic rings. The van der Waals surface area contributed by atoms with E-state index in [9.17, 15) is 14.7 Å². The van der Waals surface area contributed by atoms with Gasteiger partial charge in [-0.15, -0.1) is 0 Å². The fourth-order valence-electron chi connectivity index (χ4n) is 4.98. The summed E-state index contributed by atoms with van der Waals surface area (Å²) in [4.78, 5) is 31.5. The summed E-state index contributed by atoms with van der Waals surface area (Å²) in [6.07, 6.45) is 5.70. The Hall–Kier alpha value is -2.86. The van der Waals surface area contributed by atoms with Gasteiger partial charge in [0.05, 0.1) is 11.6 Å². The molecule has 1 aliphatic carbocycles. The highest BCUT2D eigenvalue weighted by molar-refractivity contribution is 9.10. The number of Topliss-reactive ketones (excluding diaryl/α,β-unsaturated/α-hetero) is 1. The third-order valence-corrected chi connectivity index (χ3v) is 7.44. The summed E-state index contributed by atoms with van der Waals surface area (Å²) in [6.45, 7) is 1.93. The number of rotatable bonds is 3.